The summed E-state index contributed by atoms with van der Waals surface area (Å²) in [6, 6.07) is 16.0. The Balaban J connectivity index is 1.96. The van der Waals surface area contributed by atoms with Crippen LogP contribution in [0.15, 0.2) is 53.0 Å². The zero-order valence-corrected chi connectivity index (χ0v) is 14.3. The Labute approximate surface area is 138 Å². The fraction of sp³-hybridized carbons (Fsp3) is 0.188. The Kier molecular flexibility index (Phi) is 5.59. The molecule has 5 heteroatoms. The molecule has 0 saturated carbocycles. The number of hydrogen-bond acceptors (Lipinski definition) is 2. The van der Waals surface area contributed by atoms with E-state index in [2.05, 4.69) is 45.6 Å². The number of ether oxygens (including phenoxy) is 1. The van der Waals surface area contributed by atoms with Crippen LogP contribution in [0.5, 0.6) is 5.75 Å². The molecule has 0 radical (unpaired) electrons. The molecule has 0 aromatic heterocycles. The van der Waals surface area contributed by atoms with E-state index in [1.165, 1.54) is 5.56 Å². The highest BCUT2D eigenvalue weighted by Gasteiger charge is 2.07. The van der Waals surface area contributed by atoms with Gasteiger partial charge >= 0.3 is 0 Å². The summed E-state index contributed by atoms with van der Waals surface area (Å²) in [7, 11) is 1.64. The number of methoxy groups -OCH3 is 1. The Morgan fingerprint density at radius 3 is 2.57 bits per heavy atom. The van der Waals surface area contributed by atoms with Crippen molar-refractivity contribution in [1.29, 1.82) is 0 Å². The van der Waals surface area contributed by atoms with Crippen molar-refractivity contribution in [3.05, 3.63) is 58.6 Å². The van der Waals surface area contributed by atoms with Crippen molar-refractivity contribution >= 4 is 38.9 Å². The predicted octanol–water partition coefficient (Wildman–Crippen LogP) is 4.51. The van der Waals surface area contributed by atoms with Crippen molar-refractivity contribution in [1.82, 2.24) is 5.32 Å². The number of hydrogen-bond donors (Lipinski definition) is 2. The smallest absolute Gasteiger partial charge is 0.171 e. The lowest BCUT2D eigenvalue weighted by Crippen LogP contribution is -2.30. The molecule has 21 heavy (non-hydrogen) atoms. The van der Waals surface area contributed by atoms with Gasteiger partial charge in [0.05, 0.1) is 13.2 Å². The standard InChI is InChI=1S/C16H17BrN2OS/c1-11(12-6-8-13(17)9-7-12)18-16(21)19-14-4-3-5-15(10-14)20-2/h3-11H,1-2H3,(H2,18,19,21)/t11-/m1/s1. The zero-order chi connectivity index (χ0) is 15.2. The average molecular weight is 365 g/mol. The van der Waals surface area contributed by atoms with Crippen molar-refractivity contribution < 1.29 is 4.74 Å². The first-order valence-electron chi connectivity index (χ1n) is 6.55. The molecule has 0 aliphatic carbocycles. The van der Waals surface area contributed by atoms with Gasteiger partial charge in [0.1, 0.15) is 5.75 Å². The van der Waals surface area contributed by atoms with E-state index in [-0.39, 0.29) is 6.04 Å². The lowest BCUT2D eigenvalue weighted by Gasteiger charge is -2.17. The van der Waals surface area contributed by atoms with Gasteiger partial charge in [0.2, 0.25) is 0 Å². The highest BCUT2D eigenvalue weighted by molar-refractivity contribution is 9.10. The van der Waals surface area contributed by atoms with Gasteiger partial charge in [-0.3, -0.25) is 0 Å². The molecule has 0 unspecified atom stereocenters. The van der Waals surface area contributed by atoms with Gasteiger partial charge in [0.15, 0.2) is 5.11 Å². The van der Waals surface area contributed by atoms with E-state index in [1.54, 1.807) is 7.11 Å². The van der Waals surface area contributed by atoms with Crippen molar-refractivity contribution in [3.8, 4) is 5.75 Å². The second-order valence-corrected chi connectivity index (χ2v) is 5.93. The van der Waals surface area contributed by atoms with Crippen LogP contribution in [0.4, 0.5) is 5.69 Å². The van der Waals surface area contributed by atoms with Crippen molar-refractivity contribution in [2.45, 2.75) is 13.0 Å². The lowest BCUT2D eigenvalue weighted by atomic mass is 10.1. The van der Waals surface area contributed by atoms with Crippen LogP contribution in [-0.4, -0.2) is 12.2 Å². The number of halogens is 1. The molecular weight excluding hydrogens is 348 g/mol. The highest BCUT2D eigenvalue weighted by atomic mass is 79.9. The molecule has 3 nitrogen and oxygen atoms in total. The molecule has 0 bridgehead atoms. The van der Waals surface area contributed by atoms with Gasteiger partial charge in [-0.05, 0) is 49.0 Å². The minimum absolute atomic E-state index is 0.128. The summed E-state index contributed by atoms with van der Waals surface area (Å²) < 4.78 is 6.26. The summed E-state index contributed by atoms with van der Waals surface area (Å²) in [6.45, 7) is 2.07. The van der Waals surface area contributed by atoms with Crippen LogP contribution < -0.4 is 15.4 Å². The third kappa shape index (κ3) is 4.72. The number of benzene rings is 2. The Bertz CT molecular complexity index is 616. The lowest BCUT2D eigenvalue weighted by molar-refractivity contribution is 0.415. The van der Waals surface area contributed by atoms with Gasteiger partial charge in [-0.2, -0.15) is 0 Å². The van der Waals surface area contributed by atoms with Crippen molar-refractivity contribution in [2.24, 2.45) is 0 Å². The van der Waals surface area contributed by atoms with Crippen molar-refractivity contribution in [3.63, 3.8) is 0 Å². The van der Waals surface area contributed by atoms with Crippen LogP contribution in [-0.2, 0) is 0 Å². The van der Waals surface area contributed by atoms with Crippen LogP contribution in [0.25, 0.3) is 0 Å². The molecule has 0 spiro atoms. The molecular formula is C16H17BrN2OS. The Hall–Kier alpha value is -1.59. The van der Waals surface area contributed by atoms with E-state index in [0.29, 0.717) is 5.11 Å². The second-order valence-electron chi connectivity index (χ2n) is 4.60. The zero-order valence-electron chi connectivity index (χ0n) is 11.9. The third-order valence-corrected chi connectivity index (χ3v) is 3.79. The number of anilines is 1. The molecule has 2 aromatic carbocycles. The maximum absolute atomic E-state index is 5.35. The SMILES string of the molecule is COc1cccc(NC(=S)N[C@H](C)c2ccc(Br)cc2)c1. The summed E-state index contributed by atoms with van der Waals surface area (Å²) in [5, 5.41) is 7.01. The molecule has 0 aliphatic rings. The van der Waals surface area contributed by atoms with E-state index in [1.807, 2.05) is 36.4 Å². The first kappa shape index (κ1) is 15.8. The average Bonchev–Trinajstić information content (AvgIpc) is 2.47. The fourth-order valence-electron chi connectivity index (χ4n) is 1.90. The first-order chi connectivity index (χ1) is 10.1. The molecule has 1 atom stereocenters. The largest absolute Gasteiger partial charge is 0.497 e. The Morgan fingerprint density at radius 2 is 1.90 bits per heavy atom. The summed E-state index contributed by atoms with van der Waals surface area (Å²) in [4.78, 5) is 0. The second kappa shape index (κ2) is 7.43. The fourth-order valence-corrected chi connectivity index (χ4v) is 2.46. The summed E-state index contributed by atoms with van der Waals surface area (Å²) in [5.74, 6) is 0.795. The molecule has 0 aliphatic heterocycles. The minimum atomic E-state index is 0.128. The van der Waals surface area contributed by atoms with Gasteiger partial charge in [0, 0.05) is 16.2 Å². The van der Waals surface area contributed by atoms with Crippen LogP contribution in [0, 0.1) is 0 Å². The van der Waals surface area contributed by atoms with E-state index >= 15 is 0 Å². The van der Waals surface area contributed by atoms with E-state index in [0.717, 1.165) is 15.9 Å². The molecule has 0 fully saturated rings. The Morgan fingerprint density at radius 1 is 1.19 bits per heavy atom. The summed E-state index contributed by atoms with van der Waals surface area (Å²) in [6.07, 6.45) is 0. The van der Waals surface area contributed by atoms with E-state index in [4.69, 9.17) is 17.0 Å². The van der Waals surface area contributed by atoms with Crippen molar-refractivity contribution in [2.75, 3.05) is 12.4 Å². The maximum Gasteiger partial charge on any atom is 0.171 e. The van der Waals surface area contributed by atoms with E-state index < -0.39 is 0 Å². The summed E-state index contributed by atoms with van der Waals surface area (Å²) in [5.41, 5.74) is 2.07. The van der Waals surface area contributed by atoms with E-state index in [9.17, 15) is 0 Å². The number of thiocarbonyl (C=S) groups is 1. The normalized spacial score (nSPS) is 11.6. The number of nitrogens with one attached hydrogen (secondary N) is 2. The van der Waals surface area contributed by atoms with Gasteiger partial charge in [-0.1, -0.05) is 34.1 Å². The number of rotatable bonds is 4. The van der Waals surface area contributed by atoms with Gasteiger partial charge in [0.25, 0.3) is 0 Å². The van der Waals surface area contributed by atoms with Crippen LogP contribution in [0.2, 0.25) is 0 Å². The van der Waals surface area contributed by atoms with Gasteiger partial charge < -0.3 is 15.4 Å². The highest BCUT2D eigenvalue weighted by Crippen LogP contribution is 2.18. The maximum atomic E-state index is 5.35. The quantitative estimate of drug-likeness (QED) is 0.782. The van der Waals surface area contributed by atoms with Crippen LogP contribution >= 0.6 is 28.1 Å². The van der Waals surface area contributed by atoms with Gasteiger partial charge in [-0.25, -0.2) is 0 Å². The summed E-state index contributed by atoms with van der Waals surface area (Å²) >= 11 is 8.78. The van der Waals surface area contributed by atoms with Gasteiger partial charge in [-0.15, -0.1) is 0 Å². The monoisotopic (exact) mass is 364 g/mol. The molecule has 110 valence electrons. The topological polar surface area (TPSA) is 33.3 Å². The van der Waals surface area contributed by atoms with Crippen LogP contribution in [0.3, 0.4) is 0 Å². The third-order valence-electron chi connectivity index (χ3n) is 3.05. The van der Waals surface area contributed by atoms with Crippen LogP contribution in [0.1, 0.15) is 18.5 Å². The minimum Gasteiger partial charge on any atom is -0.497 e. The first-order valence-corrected chi connectivity index (χ1v) is 7.75. The molecule has 2 N–H and O–H groups in total. The molecule has 0 saturated heterocycles. The molecule has 0 heterocycles. The molecule has 2 aromatic rings. The molecule has 2 rings (SSSR count). The predicted molar refractivity (Wildman–Crippen MR) is 94.9 cm³/mol. The molecule has 0 amide bonds.